The molecule has 3 aromatic rings. The minimum Gasteiger partial charge on any atom is -0.347 e. The monoisotopic (exact) mass is 334 g/mol. The van der Waals surface area contributed by atoms with Crippen molar-refractivity contribution in [2.75, 3.05) is 0 Å². The van der Waals surface area contributed by atoms with Gasteiger partial charge in [0, 0.05) is 11.6 Å². The number of benzene rings is 1. The van der Waals surface area contributed by atoms with Crippen LogP contribution in [0.15, 0.2) is 48.0 Å². The summed E-state index contributed by atoms with van der Waals surface area (Å²) in [7, 11) is 0. The van der Waals surface area contributed by atoms with Gasteiger partial charge in [-0.2, -0.15) is 0 Å². The van der Waals surface area contributed by atoms with Crippen LogP contribution in [0, 0.1) is 0 Å². The Balaban J connectivity index is 1.66. The number of nitrogens with zero attached hydrogens (tertiary/aromatic N) is 1. The van der Waals surface area contributed by atoms with Crippen LogP contribution >= 0.6 is 34.3 Å². The van der Waals surface area contributed by atoms with Gasteiger partial charge in [-0.1, -0.05) is 29.8 Å². The Bertz CT molecular complexity index is 753. The van der Waals surface area contributed by atoms with E-state index in [-0.39, 0.29) is 5.91 Å². The number of carbonyl (C=O) groups excluding carboxylic acids is 1. The van der Waals surface area contributed by atoms with Crippen molar-refractivity contribution in [1.29, 1.82) is 0 Å². The zero-order valence-electron chi connectivity index (χ0n) is 10.9. The van der Waals surface area contributed by atoms with E-state index in [1.54, 1.807) is 17.5 Å². The molecule has 0 bridgehead atoms. The van der Waals surface area contributed by atoms with Gasteiger partial charge in [0.2, 0.25) is 0 Å². The minimum absolute atomic E-state index is 0.115. The normalized spacial score (nSPS) is 10.5. The minimum atomic E-state index is -0.115. The molecular weight excluding hydrogens is 324 g/mol. The summed E-state index contributed by atoms with van der Waals surface area (Å²) in [5.74, 6) is -0.115. The second-order valence-electron chi connectivity index (χ2n) is 4.32. The first-order valence-electron chi connectivity index (χ1n) is 6.25. The number of aromatic nitrogens is 1. The zero-order valence-corrected chi connectivity index (χ0v) is 13.3. The molecule has 1 aromatic carbocycles. The van der Waals surface area contributed by atoms with E-state index in [0.29, 0.717) is 16.4 Å². The molecule has 0 aliphatic rings. The highest BCUT2D eigenvalue weighted by molar-refractivity contribution is 7.21. The van der Waals surface area contributed by atoms with Crippen molar-refractivity contribution in [2.45, 2.75) is 6.54 Å². The number of nitrogens with one attached hydrogen (secondary N) is 1. The van der Waals surface area contributed by atoms with E-state index in [9.17, 15) is 4.79 Å². The number of carbonyl (C=O) groups is 1. The molecule has 21 heavy (non-hydrogen) atoms. The largest absolute Gasteiger partial charge is 0.347 e. The third kappa shape index (κ3) is 3.50. The van der Waals surface area contributed by atoms with Crippen LogP contribution in [0.5, 0.6) is 0 Å². The van der Waals surface area contributed by atoms with Crippen molar-refractivity contribution in [1.82, 2.24) is 10.3 Å². The molecular formula is C15H11ClN2OS2. The number of thiazole rings is 1. The molecule has 0 saturated heterocycles. The van der Waals surface area contributed by atoms with Gasteiger partial charge in [0.1, 0.15) is 9.88 Å². The van der Waals surface area contributed by atoms with Crippen LogP contribution in [0.2, 0.25) is 5.02 Å². The molecule has 2 heterocycles. The highest BCUT2D eigenvalue weighted by Crippen LogP contribution is 2.28. The number of thiophene rings is 1. The highest BCUT2D eigenvalue weighted by atomic mass is 35.5. The van der Waals surface area contributed by atoms with Crippen LogP contribution in [-0.4, -0.2) is 10.9 Å². The molecule has 0 spiro atoms. The Hall–Kier alpha value is -1.69. The molecule has 0 atom stereocenters. The van der Waals surface area contributed by atoms with Gasteiger partial charge >= 0.3 is 0 Å². The van der Waals surface area contributed by atoms with Gasteiger partial charge in [-0.3, -0.25) is 4.79 Å². The number of hydrogen-bond donors (Lipinski definition) is 1. The van der Waals surface area contributed by atoms with Crippen molar-refractivity contribution < 1.29 is 4.79 Å². The van der Waals surface area contributed by atoms with E-state index < -0.39 is 0 Å². The highest BCUT2D eigenvalue weighted by Gasteiger charge is 2.12. The maximum absolute atomic E-state index is 12.1. The quantitative estimate of drug-likeness (QED) is 0.765. The van der Waals surface area contributed by atoms with Crippen LogP contribution in [-0.2, 0) is 6.54 Å². The number of rotatable bonds is 4. The molecule has 2 aromatic heterocycles. The fraction of sp³-hybridized carbons (Fsp3) is 0.0667. The summed E-state index contributed by atoms with van der Waals surface area (Å²) in [6.45, 7) is 0.450. The topological polar surface area (TPSA) is 42.0 Å². The predicted octanol–water partition coefficient (Wildman–Crippen LogP) is 4.46. The van der Waals surface area contributed by atoms with Crippen LogP contribution in [0.25, 0.3) is 9.88 Å². The van der Waals surface area contributed by atoms with Crippen molar-refractivity contribution in [2.24, 2.45) is 0 Å². The van der Waals surface area contributed by atoms with Crippen LogP contribution in [0.1, 0.15) is 15.2 Å². The van der Waals surface area contributed by atoms with Gasteiger partial charge in [-0.25, -0.2) is 4.98 Å². The maximum Gasteiger partial charge on any atom is 0.263 e. The summed E-state index contributed by atoms with van der Waals surface area (Å²) in [4.78, 5) is 18.1. The molecule has 0 aliphatic heterocycles. The molecule has 1 amide bonds. The van der Waals surface area contributed by atoms with Crippen LogP contribution in [0.3, 0.4) is 0 Å². The smallest absolute Gasteiger partial charge is 0.263 e. The third-order valence-electron chi connectivity index (χ3n) is 2.80. The number of hydrogen-bond acceptors (Lipinski definition) is 4. The van der Waals surface area contributed by atoms with Gasteiger partial charge < -0.3 is 5.32 Å². The summed E-state index contributed by atoms with van der Waals surface area (Å²) in [5.41, 5.74) is 0.971. The van der Waals surface area contributed by atoms with E-state index in [2.05, 4.69) is 10.3 Å². The van der Waals surface area contributed by atoms with Crippen LogP contribution < -0.4 is 5.32 Å². The van der Waals surface area contributed by atoms with Crippen LogP contribution in [0.4, 0.5) is 0 Å². The van der Waals surface area contributed by atoms with E-state index in [1.807, 2.05) is 41.8 Å². The predicted molar refractivity (Wildman–Crippen MR) is 88.0 cm³/mol. The molecule has 0 fully saturated rings. The first-order chi connectivity index (χ1) is 10.2. The van der Waals surface area contributed by atoms with Gasteiger partial charge in [0.05, 0.1) is 11.1 Å². The average molecular weight is 335 g/mol. The molecule has 0 aliphatic carbocycles. The van der Waals surface area contributed by atoms with Gasteiger partial charge in [-0.05, 0) is 29.1 Å². The lowest BCUT2D eigenvalue weighted by Crippen LogP contribution is -2.21. The van der Waals surface area contributed by atoms with E-state index in [0.717, 1.165) is 15.4 Å². The Morgan fingerprint density at radius 1 is 1.29 bits per heavy atom. The zero-order chi connectivity index (χ0) is 14.7. The summed E-state index contributed by atoms with van der Waals surface area (Å²) in [6, 6.07) is 11.4. The Kier molecular flexibility index (Phi) is 4.34. The summed E-state index contributed by atoms with van der Waals surface area (Å²) in [6.07, 6.45) is 1.62. The molecule has 0 saturated carbocycles. The number of amides is 1. The van der Waals surface area contributed by atoms with Gasteiger partial charge in [-0.15, -0.1) is 22.7 Å². The fourth-order valence-electron chi connectivity index (χ4n) is 1.81. The Morgan fingerprint density at radius 3 is 2.95 bits per heavy atom. The van der Waals surface area contributed by atoms with Crippen molar-refractivity contribution in [3.05, 3.63) is 63.4 Å². The van der Waals surface area contributed by atoms with Crippen molar-refractivity contribution in [3.63, 3.8) is 0 Å². The Labute approximate surface area is 135 Å². The number of halogens is 1. The SMILES string of the molecule is O=C(NCc1cccc(Cl)c1)c1cnc(-c2cccs2)s1. The molecule has 1 N–H and O–H groups in total. The molecule has 0 radical (unpaired) electrons. The first-order valence-corrected chi connectivity index (χ1v) is 8.32. The summed E-state index contributed by atoms with van der Waals surface area (Å²) >= 11 is 8.93. The average Bonchev–Trinajstić information content (AvgIpc) is 3.15. The van der Waals surface area contributed by atoms with Gasteiger partial charge in [0.25, 0.3) is 5.91 Å². The maximum atomic E-state index is 12.1. The summed E-state index contributed by atoms with van der Waals surface area (Å²) < 4.78 is 0. The lowest BCUT2D eigenvalue weighted by atomic mass is 10.2. The lowest BCUT2D eigenvalue weighted by molar-refractivity contribution is 0.0955. The van der Waals surface area contributed by atoms with Gasteiger partial charge in [0.15, 0.2) is 0 Å². The summed E-state index contributed by atoms with van der Waals surface area (Å²) in [5, 5.41) is 6.41. The van der Waals surface area contributed by atoms with E-state index in [1.165, 1.54) is 11.3 Å². The van der Waals surface area contributed by atoms with Crippen molar-refractivity contribution in [3.8, 4) is 9.88 Å². The van der Waals surface area contributed by atoms with E-state index in [4.69, 9.17) is 11.6 Å². The molecule has 3 rings (SSSR count). The Morgan fingerprint density at radius 2 is 2.19 bits per heavy atom. The fourth-order valence-corrected chi connectivity index (χ4v) is 3.66. The van der Waals surface area contributed by atoms with Crippen molar-refractivity contribution >= 4 is 40.2 Å². The third-order valence-corrected chi connectivity index (χ3v) is 5.07. The van der Waals surface area contributed by atoms with E-state index >= 15 is 0 Å². The second kappa shape index (κ2) is 6.39. The second-order valence-corrected chi connectivity index (χ2v) is 6.73. The molecule has 3 nitrogen and oxygen atoms in total. The standard InChI is InChI=1S/C15H11ClN2OS2/c16-11-4-1-3-10(7-11)8-17-14(19)13-9-18-15(21-13)12-5-2-6-20-12/h1-7,9H,8H2,(H,17,19). The lowest BCUT2D eigenvalue weighted by Gasteiger charge is -2.03. The molecule has 6 heteroatoms. The molecule has 0 unspecified atom stereocenters. The first kappa shape index (κ1) is 14.3. The molecule has 106 valence electrons.